The van der Waals surface area contributed by atoms with Gasteiger partial charge in [-0.15, -0.1) is 0 Å². The molecule has 7 nitrogen and oxygen atoms in total. The van der Waals surface area contributed by atoms with Gasteiger partial charge in [0.1, 0.15) is 18.1 Å². The van der Waals surface area contributed by atoms with Gasteiger partial charge in [0.2, 0.25) is 11.8 Å². The molecule has 1 aliphatic carbocycles. The van der Waals surface area contributed by atoms with Crippen LogP contribution < -0.4 is 10.1 Å². The summed E-state index contributed by atoms with van der Waals surface area (Å²) < 4.78 is 7.00. The van der Waals surface area contributed by atoms with E-state index < -0.39 is 0 Å². The van der Waals surface area contributed by atoms with E-state index in [9.17, 15) is 9.59 Å². The molecule has 190 valence electrons. The van der Waals surface area contributed by atoms with Crippen molar-refractivity contribution in [2.75, 3.05) is 19.0 Å². The lowest BCUT2D eigenvalue weighted by Gasteiger charge is -2.26. The van der Waals surface area contributed by atoms with Gasteiger partial charge in [0, 0.05) is 23.4 Å². The predicted molar refractivity (Wildman–Crippen MR) is 142 cm³/mol. The Morgan fingerprint density at radius 2 is 1.78 bits per heavy atom. The van der Waals surface area contributed by atoms with E-state index in [0.717, 1.165) is 23.6 Å². The van der Waals surface area contributed by atoms with Crippen molar-refractivity contribution in [3.63, 3.8) is 0 Å². The monoisotopic (exact) mass is 488 g/mol. The molecule has 1 saturated carbocycles. The SMILES string of the molecule is COc1ccc(-n2nc(C(C)(C)C)cc2NC(=O)CN(C(=O)C2CC2c2ccccc2)C(C)C)cc1. The molecule has 3 aromatic rings. The van der Waals surface area contributed by atoms with Crippen LogP contribution in [0, 0.1) is 5.92 Å². The van der Waals surface area contributed by atoms with E-state index in [0.29, 0.717) is 5.82 Å². The number of rotatable bonds is 8. The van der Waals surface area contributed by atoms with E-state index in [4.69, 9.17) is 9.84 Å². The van der Waals surface area contributed by atoms with Crippen LogP contribution in [0.2, 0.25) is 0 Å². The third-order valence-corrected chi connectivity index (χ3v) is 6.62. The molecule has 36 heavy (non-hydrogen) atoms. The Labute approximate surface area is 213 Å². The average molecular weight is 489 g/mol. The minimum atomic E-state index is -0.246. The molecule has 0 spiro atoms. The molecule has 2 aromatic carbocycles. The van der Waals surface area contributed by atoms with Crippen molar-refractivity contribution in [3.05, 3.63) is 71.9 Å². The Hall–Kier alpha value is -3.61. The molecule has 0 radical (unpaired) electrons. The van der Waals surface area contributed by atoms with Crippen LogP contribution in [0.4, 0.5) is 5.82 Å². The number of methoxy groups -OCH3 is 1. The first-order valence-corrected chi connectivity index (χ1v) is 12.5. The number of amides is 2. The fourth-order valence-electron chi connectivity index (χ4n) is 4.36. The van der Waals surface area contributed by atoms with E-state index in [1.807, 2.05) is 62.4 Å². The van der Waals surface area contributed by atoms with Gasteiger partial charge in [-0.25, -0.2) is 4.68 Å². The Morgan fingerprint density at radius 1 is 1.11 bits per heavy atom. The van der Waals surface area contributed by atoms with Crippen molar-refractivity contribution in [2.45, 2.75) is 58.4 Å². The van der Waals surface area contributed by atoms with Gasteiger partial charge in [-0.2, -0.15) is 5.10 Å². The molecule has 4 rings (SSSR count). The maximum absolute atomic E-state index is 13.3. The minimum absolute atomic E-state index is 0.00679. The second kappa shape index (κ2) is 10.2. The highest BCUT2D eigenvalue weighted by Gasteiger charge is 2.46. The summed E-state index contributed by atoms with van der Waals surface area (Å²) in [4.78, 5) is 28.2. The van der Waals surface area contributed by atoms with Gasteiger partial charge >= 0.3 is 0 Å². The summed E-state index contributed by atoms with van der Waals surface area (Å²) in [5.41, 5.74) is 2.65. The summed E-state index contributed by atoms with van der Waals surface area (Å²) >= 11 is 0. The number of benzene rings is 2. The number of nitrogens with zero attached hydrogens (tertiary/aromatic N) is 3. The van der Waals surface area contributed by atoms with Crippen molar-refractivity contribution >= 4 is 17.6 Å². The summed E-state index contributed by atoms with van der Waals surface area (Å²) in [6.45, 7) is 10.1. The van der Waals surface area contributed by atoms with Gasteiger partial charge in [-0.05, 0) is 56.0 Å². The topological polar surface area (TPSA) is 76.5 Å². The van der Waals surface area contributed by atoms with Crippen molar-refractivity contribution in [2.24, 2.45) is 5.92 Å². The van der Waals surface area contributed by atoms with Gasteiger partial charge in [0.05, 0.1) is 18.5 Å². The van der Waals surface area contributed by atoms with Crippen molar-refractivity contribution in [1.82, 2.24) is 14.7 Å². The lowest BCUT2D eigenvalue weighted by Crippen LogP contribution is -2.43. The van der Waals surface area contributed by atoms with Crippen LogP contribution >= 0.6 is 0 Å². The number of hydrogen-bond acceptors (Lipinski definition) is 4. The maximum Gasteiger partial charge on any atom is 0.245 e. The molecule has 0 aliphatic heterocycles. The minimum Gasteiger partial charge on any atom is -0.497 e. The van der Waals surface area contributed by atoms with Crippen LogP contribution in [0.1, 0.15) is 58.2 Å². The normalized spacial score (nSPS) is 17.1. The number of ether oxygens (including phenoxy) is 1. The fourth-order valence-corrected chi connectivity index (χ4v) is 4.36. The molecule has 0 saturated heterocycles. The number of anilines is 1. The summed E-state index contributed by atoms with van der Waals surface area (Å²) in [6, 6.07) is 19.4. The molecule has 2 amide bonds. The van der Waals surface area contributed by atoms with Crippen molar-refractivity contribution in [3.8, 4) is 11.4 Å². The zero-order valence-corrected chi connectivity index (χ0v) is 22.0. The summed E-state index contributed by atoms with van der Waals surface area (Å²) in [7, 11) is 1.62. The Bertz CT molecular complexity index is 1210. The predicted octanol–water partition coefficient (Wildman–Crippen LogP) is 5.16. The van der Waals surface area contributed by atoms with Crippen LogP contribution in [0.25, 0.3) is 5.69 Å². The third kappa shape index (κ3) is 5.61. The molecule has 0 bridgehead atoms. The summed E-state index contributed by atoms with van der Waals surface area (Å²) in [5, 5.41) is 7.78. The number of hydrogen-bond donors (Lipinski definition) is 1. The fraction of sp³-hybridized carbons (Fsp3) is 0.414. The first-order chi connectivity index (χ1) is 17.1. The number of nitrogens with one attached hydrogen (secondary N) is 1. The average Bonchev–Trinajstić information content (AvgIpc) is 3.54. The Kier molecular flexibility index (Phi) is 7.20. The lowest BCUT2D eigenvalue weighted by molar-refractivity contribution is -0.137. The molecule has 1 heterocycles. The molecular formula is C29H36N4O3. The second-order valence-electron chi connectivity index (χ2n) is 10.7. The zero-order valence-electron chi connectivity index (χ0n) is 22.0. The maximum atomic E-state index is 13.3. The molecule has 1 N–H and O–H groups in total. The second-order valence-corrected chi connectivity index (χ2v) is 10.7. The first kappa shape index (κ1) is 25.5. The van der Waals surface area contributed by atoms with E-state index in [1.54, 1.807) is 16.7 Å². The molecule has 2 unspecified atom stereocenters. The highest BCUT2D eigenvalue weighted by Crippen LogP contribution is 2.48. The molecular weight excluding hydrogens is 452 g/mol. The van der Waals surface area contributed by atoms with Gasteiger partial charge < -0.3 is 15.0 Å². The molecule has 2 atom stereocenters. The Morgan fingerprint density at radius 3 is 2.36 bits per heavy atom. The van der Waals surface area contributed by atoms with Crippen molar-refractivity contribution in [1.29, 1.82) is 0 Å². The quantitative estimate of drug-likeness (QED) is 0.475. The lowest BCUT2D eigenvalue weighted by atomic mass is 9.92. The van der Waals surface area contributed by atoms with E-state index in [2.05, 4.69) is 38.2 Å². The van der Waals surface area contributed by atoms with Crippen LogP contribution in [0.3, 0.4) is 0 Å². The Balaban J connectivity index is 1.51. The van der Waals surface area contributed by atoms with Gasteiger partial charge in [0.15, 0.2) is 0 Å². The van der Waals surface area contributed by atoms with Crippen molar-refractivity contribution < 1.29 is 14.3 Å². The molecule has 7 heteroatoms. The van der Waals surface area contributed by atoms with Crippen LogP contribution in [-0.2, 0) is 15.0 Å². The third-order valence-electron chi connectivity index (χ3n) is 6.62. The van der Waals surface area contributed by atoms with Crippen LogP contribution in [0.5, 0.6) is 5.75 Å². The molecule has 1 fully saturated rings. The number of carbonyl (C=O) groups is 2. The standard InChI is InChI=1S/C29H36N4O3/c1-19(2)32(28(35)24-16-23(24)20-10-8-7-9-11-20)18-27(34)30-26-17-25(29(3,4)5)31-33(26)21-12-14-22(36-6)15-13-21/h7-15,17,19,23-24H,16,18H2,1-6H3,(H,30,34). The molecule has 1 aliphatic rings. The van der Waals surface area contributed by atoms with E-state index >= 15 is 0 Å². The number of aromatic nitrogens is 2. The van der Waals surface area contributed by atoms with Crippen LogP contribution in [0.15, 0.2) is 60.7 Å². The zero-order chi connectivity index (χ0) is 26.0. The van der Waals surface area contributed by atoms with E-state index in [-0.39, 0.29) is 41.7 Å². The smallest absolute Gasteiger partial charge is 0.245 e. The largest absolute Gasteiger partial charge is 0.497 e. The molecule has 1 aromatic heterocycles. The van der Waals surface area contributed by atoms with Gasteiger partial charge in [0.25, 0.3) is 0 Å². The van der Waals surface area contributed by atoms with E-state index in [1.165, 1.54) is 5.56 Å². The van der Waals surface area contributed by atoms with Gasteiger partial charge in [-0.3, -0.25) is 9.59 Å². The first-order valence-electron chi connectivity index (χ1n) is 12.5. The van der Waals surface area contributed by atoms with Gasteiger partial charge in [-0.1, -0.05) is 51.1 Å². The summed E-state index contributed by atoms with van der Waals surface area (Å²) in [5.74, 6) is 1.26. The van der Waals surface area contributed by atoms with Crippen LogP contribution in [-0.4, -0.2) is 46.2 Å². The highest BCUT2D eigenvalue weighted by atomic mass is 16.5. The highest BCUT2D eigenvalue weighted by molar-refractivity contribution is 5.95. The number of carbonyl (C=O) groups excluding carboxylic acids is 2. The summed E-state index contributed by atoms with van der Waals surface area (Å²) in [6.07, 6.45) is 0.826.